The molecule has 0 spiro atoms. The first-order chi connectivity index (χ1) is 8.58. The van der Waals surface area contributed by atoms with E-state index in [1.165, 1.54) is 17.4 Å². The van der Waals surface area contributed by atoms with Gasteiger partial charge in [0.15, 0.2) is 0 Å². The monoisotopic (exact) mass is 264 g/mol. The van der Waals surface area contributed by atoms with Crippen molar-refractivity contribution < 1.29 is 14.8 Å². The van der Waals surface area contributed by atoms with Gasteiger partial charge in [-0.25, -0.2) is 0 Å². The van der Waals surface area contributed by atoms with Gasteiger partial charge < -0.3 is 10.4 Å². The lowest BCUT2D eigenvalue weighted by molar-refractivity contribution is -0.384. The van der Waals surface area contributed by atoms with Crippen LogP contribution in [0.15, 0.2) is 35.0 Å². The summed E-state index contributed by atoms with van der Waals surface area (Å²) in [6, 6.07) is 5.06. The van der Waals surface area contributed by atoms with Crippen LogP contribution in [0.25, 0.3) is 0 Å². The van der Waals surface area contributed by atoms with Crippen molar-refractivity contribution in [3.8, 4) is 5.75 Å². The number of nitrogens with zero attached hydrogens (tertiary/aromatic N) is 1. The summed E-state index contributed by atoms with van der Waals surface area (Å²) in [5.74, 6) is -0.642. The first kappa shape index (κ1) is 12.1. The zero-order valence-electron chi connectivity index (χ0n) is 8.99. The van der Waals surface area contributed by atoms with Crippen LogP contribution >= 0.6 is 11.3 Å². The molecule has 0 atom stereocenters. The maximum absolute atomic E-state index is 11.7. The van der Waals surface area contributed by atoms with Crippen LogP contribution in [0.5, 0.6) is 5.75 Å². The highest BCUT2D eigenvalue weighted by molar-refractivity contribution is 7.08. The van der Waals surface area contributed by atoms with Crippen LogP contribution in [0.4, 0.5) is 11.4 Å². The van der Waals surface area contributed by atoms with Crippen molar-refractivity contribution in [3.63, 3.8) is 0 Å². The molecule has 0 saturated heterocycles. The van der Waals surface area contributed by atoms with Gasteiger partial charge >= 0.3 is 0 Å². The molecule has 7 heteroatoms. The third-order valence-corrected chi connectivity index (χ3v) is 2.91. The summed E-state index contributed by atoms with van der Waals surface area (Å²) in [5.41, 5.74) is 0.250. The number of hydrogen-bond acceptors (Lipinski definition) is 5. The van der Waals surface area contributed by atoms with Crippen LogP contribution in [0.1, 0.15) is 10.4 Å². The molecular formula is C11H8N2O4S. The minimum absolute atomic E-state index is 0.0143. The maximum atomic E-state index is 11.7. The number of benzene rings is 1. The molecule has 1 aromatic heterocycles. The summed E-state index contributed by atoms with van der Waals surface area (Å²) in [5, 5.41) is 25.9. The zero-order valence-corrected chi connectivity index (χ0v) is 9.81. The van der Waals surface area contributed by atoms with E-state index in [0.717, 1.165) is 12.1 Å². The van der Waals surface area contributed by atoms with E-state index in [1.807, 2.05) is 0 Å². The molecular weight excluding hydrogens is 256 g/mol. The van der Waals surface area contributed by atoms with Crippen molar-refractivity contribution in [2.24, 2.45) is 0 Å². The summed E-state index contributed by atoms with van der Waals surface area (Å²) >= 11 is 1.36. The molecule has 0 aliphatic carbocycles. The van der Waals surface area contributed by atoms with E-state index in [-0.39, 0.29) is 17.1 Å². The Bertz CT molecular complexity index is 595. The lowest BCUT2D eigenvalue weighted by Crippen LogP contribution is -2.11. The fraction of sp³-hybridized carbons (Fsp3) is 0. The number of non-ortho nitro benzene ring substituents is 1. The van der Waals surface area contributed by atoms with E-state index in [2.05, 4.69) is 5.32 Å². The molecule has 6 nitrogen and oxygen atoms in total. The van der Waals surface area contributed by atoms with Gasteiger partial charge in [-0.05, 0) is 17.5 Å². The van der Waals surface area contributed by atoms with E-state index in [0.29, 0.717) is 5.56 Å². The molecule has 92 valence electrons. The Morgan fingerprint density at radius 3 is 2.78 bits per heavy atom. The van der Waals surface area contributed by atoms with Gasteiger partial charge in [-0.15, -0.1) is 0 Å². The number of phenols is 1. The summed E-state index contributed by atoms with van der Waals surface area (Å²) in [4.78, 5) is 21.7. The second kappa shape index (κ2) is 4.84. The maximum Gasteiger partial charge on any atom is 0.271 e. The first-order valence-corrected chi connectivity index (χ1v) is 5.83. The number of carbonyl (C=O) groups excluding carboxylic acids is 1. The molecule has 0 saturated carbocycles. The van der Waals surface area contributed by atoms with Gasteiger partial charge in [-0.1, -0.05) is 0 Å². The average Bonchev–Trinajstić information content (AvgIpc) is 2.85. The topological polar surface area (TPSA) is 92.5 Å². The van der Waals surface area contributed by atoms with Crippen molar-refractivity contribution in [1.29, 1.82) is 0 Å². The van der Waals surface area contributed by atoms with Crippen LogP contribution < -0.4 is 5.32 Å². The molecule has 2 rings (SSSR count). The summed E-state index contributed by atoms with van der Waals surface area (Å²) in [6.07, 6.45) is 0. The van der Waals surface area contributed by atoms with Gasteiger partial charge in [0, 0.05) is 17.5 Å². The normalized spacial score (nSPS) is 10.0. The molecule has 2 aromatic rings. The molecule has 0 unspecified atom stereocenters. The number of nitro benzene ring substituents is 1. The summed E-state index contributed by atoms with van der Waals surface area (Å²) in [6.45, 7) is 0. The lowest BCUT2D eigenvalue weighted by atomic mass is 10.2. The number of amides is 1. The molecule has 18 heavy (non-hydrogen) atoms. The second-order valence-corrected chi connectivity index (χ2v) is 4.20. The number of nitrogens with one attached hydrogen (secondary N) is 1. The van der Waals surface area contributed by atoms with Crippen molar-refractivity contribution in [1.82, 2.24) is 0 Å². The first-order valence-electron chi connectivity index (χ1n) is 4.89. The lowest BCUT2D eigenvalue weighted by Gasteiger charge is -2.05. The molecule has 0 bridgehead atoms. The van der Waals surface area contributed by atoms with E-state index in [9.17, 15) is 20.0 Å². The number of rotatable bonds is 3. The van der Waals surface area contributed by atoms with Gasteiger partial charge in [-0.2, -0.15) is 11.3 Å². The van der Waals surface area contributed by atoms with Crippen LogP contribution in [0, 0.1) is 10.1 Å². The smallest absolute Gasteiger partial charge is 0.271 e. The van der Waals surface area contributed by atoms with Crippen molar-refractivity contribution >= 4 is 28.6 Å². The highest BCUT2D eigenvalue weighted by Crippen LogP contribution is 2.28. The van der Waals surface area contributed by atoms with Crippen LogP contribution in [-0.2, 0) is 0 Å². The average molecular weight is 264 g/mol. The van der Waals surface area contributed by atoms with Gasteiger partial charge in [0.1, 0.15) is 5.75 Å². The number of nitro groups is 1. The third-order valence-electron chi connectivity index (χ3n) is 2.22. The number of hydrogen-bond donors (Lipinski definition) is 2. The Balaban J connectivity index is 2.26. The van der Waals surface area contributed by atoms with Crippen molar-refractivity contribution in [2.45, 2.75) is 0 Å². The number of anilines is 1. The largest absolute Gasteiger partial charge is 0.506 e. The van der Waals surface area contributed by atoms with Gasteiger partial charge in [0.05, 0.1) is 16.2 Å². The Morgan fingerprint density at radius 2 is 2.17 bits per heavy atom. The highest BCUT2D eigenvalue weighted by atomic mass is 32.1. The fourth-order valence-corrected chi connectivity index (χ4v) is 1.96. The quantitative estimate of drug-likeness (QED) is 0.506. The van der Waals surface area contributed by atoms with Gasteiger partial charge in [-0.3, -0.25) is 14.9 Å². The summed E-state index contributed by atoms with van der Waals surface area (Å²) < 4.78 is 0. The predicted octanol–water partition coefficient (Wildman–Crippen LogP) is 2.61. The standard InChI is InChI=1S/C11H8N2O4S/c14-10-2-1-8(13(16)17)5-9(10)12-11(15)7-3-4-18-6-7/h1-6,14H,(H,12,15). The number of carbonyl (C=O) groups is 1. The Morgan fingerprint density at radius 1 is 1.39 bits per heavy atom. The van der Waals surface area contributed by atoms with E-state index in [1.54, 1.807) is 16.8 Å². The van der Waals surface area contributed by atoms with Crippen molar-refractivity contribution in [2.75, 3.05) is 5.32 Å². The van der Waals surface area contributed by atoms with Gasteiger partial charge in [0.2, 0.25) is 0 Å². The summed E-state index contributed by atoms with van der Waals surface area (Å²) in [7, 11) is 0. The molecule has 0 aliphatic heterocycles. The second-order valence-electron chi connectivity index (χ2n) is 3.42. The predicted molar refractivity (Wildman–Crippen MR) is 67.0 cm³/mol. The molecule has 1 amide bonds. The van der Waals surface area contributed by atoms with Crippen LogP contribution in [-0.4, -0.2) is 15.9 Å². The molecule has 0 radical (unpaired) electrons. The fourth-order valence-electron chi connectivity index (χ4n) is 1.33. The van der Waals surface area contributed by atoms with Gasteiger partial charge in [0.25, 0.3) is 11.6 Å². The minimum atomic E-state index is -0.598. The third kappa shape index (κ3) is 2.46. The minimum Gasteiger partial charge on any atom is -0.506 e. The van der Waals surface area contributed by atoms with Crippen molar-refractivity contribution in [3.05, 3.63) is 50.7 Å². The zero-order chi connectivity index (χ0) is 13.1. The van der Waals surface area contributed by atoms with E-state index >= 15 is 0 Å². The molecule has 0 fully saturated rings. The van der Waals surface area contributed by atoms with Crippen LogP contribution in [0.2, 0.25) is 0 Å². The molecule has 1 heterocycles. The molecule has 2 N–H and O–H groups in total. The Kier molecular flexibility index (Phi) is 3.24. The Labute approximate surface area is 106 Å². The number of aromatic hydroxyl groups is 1. The SMILES string of the molecule is O=C(Nc1cc([N+](=O)[O-])ccc1O)c1ccsc1. The van der Waals surface area contributed by atoms with Crippen LogP contribution in [0.3, 0.4) is 0 Å². The number of phenolic OH excluding ortho intramolecular Hbond substituents is 1. The highest BCUT2D eigenvalue weighted by Gasteiger charge is 2.13. The van der Waals surface area contributed by atoms with E-state index < -0.39 is 10.8 Å². The Hall–Kier alpha value is -2.41. The van der Waals surface area contributed by atoms with E-state index in [4.69, 9.17) is 0 Å². The molecule has 0 aliphatic rings. The molecule has 1 aromatic carbocycles. The number of thiophene rings is 1.